The lowest BCUT2D eigenvalue weighted by atomic mass is 9.88. The first kappa shape index (κ1) is 23.8. The Balaban J connectivity index is 1.24. The molecule has 3 fully saturated rings. The van der Waals surface area contributed by atoms with E-state index in [0.29, 0.717) is 24.5 Å². The maximum absolute atomic E-state index is 13.5. The van der Waals surface area contributed by atoms with E-state index in [-0.39, 0.29) is 53.0 Å². The smallest absolute Gasteiger partial charge is 0.317 e. The third-order valence-corrected chi connectivity index (χ3v) is 7.66. The molecule has 5 rings (SSSR count). The summed E-state index contributed by atoms with van der Waals surface area (Å²) in [5.41, 5.74) is 7.39. The van der Waals surface area contributed by atoms with Gasteiger partial charge in [0.05, 0.1) is 10.7 Å². The van der Waals surface area contributed by atoms with Crippen LogP contribution in [0.1, 0.15) is 47.7 Å². The number of nitrogens with two attached hydrogens (primary N) is 1. The fourth-order valence-corrected chi connectivity index (χ4v) is 5.74. The number of aryl methyl sites for hydroxylation is 1. The summed E-state index contributed by atoms with van der Waals surface area (Å²) in [5, 5.41) is 9.83. The van der Waals surface area contributed by atoms with Gasteiger partial charge in [0.2, 0.25) is 0 Å². The molecule has 1 aliphatic heterocycles. The largest absolute Gasteiger partial charge is 0.383 e. The molecular weight excluding hydrogens is 485 g/mol. The van der Waals surface area contributed by atoms with E-state index in [9.17, 15) is 22.8 Å². The van der Waals surface area contributed by atoms with Crippen molar-refractivity contribution in [3.05, 3.63) is 40.3 Å². The van der Waals surface area contributed by atoms with Crippen LogP contribution in [0.15, 0.2) is 18.2 Å². The second-order valence-electron chi connectivity index (χ2n) is 9.86. The van der Waals surface area contributed by atoms with Crippen LogP contribution in [-0.2, 0) is 7.05 Å². The molecule has 0 radical (unpaired) electrons. The second kappa shape index (κ2) is 8.61. The summed E-state index contributed by atoms with van der Waals surface area (Å²) in [7, 11) is 1.66. The molecule has 2 aromatic rings. The van der Waals surface area contributed by atoms with Crippen molar-refractivity contribution in [3.8, 4) is 0 Å². The molecule has 8 nitrogen and oxygen atoms in total. The number of alkyl halides is 2. The zero-order valence-corrected chi connectivity index (χ0v) is 19.8. The highest BCUT2D eigenvalue weighted by molar-refractivity contribution is 6.31. The maximum Gasteiger partial charge on any atom is 0.317 e. The van der Waals surface area contributed by atoms with Crippen LogP contribution in [0.5, 0.6) is 0 Å². The lowest BCUT2D eigenvalue weighted by Gasteiger charge is -2.36. The molecule has 1 aromatic heterocycles. The van der Waals surface area contributed by atoms with Gasteiger partial charge in [0.25, 0.3) is 11.8 Å². The van der Waals surface area contributed by atoms with Gasteiger partial charge in [0, 0.05) is 50.6 Å². The van der Waals surface area contributed by atoms with Crippen LogP contribution < -0.4 is 16.4 Å². The standard InChI is InChI=1S/C23H26ClF3N6O2/c1-32-20(28)18(21(34)29-14-2-3-17(25)16(24)6-14)19(31-32)11-4-12-9-33(10-13(12)5-11)22(35)30-15-7-23(26,27)8-15/h2-3,6,11-13,15H,4-5,7-10,28H2,1H3,(H,29,34)(H,30,35). The van der Waals surface area contributed by atoms with Gasteiger partial charge in [-0.15, -0.1) is 0 Å². The fraction of sp³-hybridized carbons (Fsp3) is 0.522. The molecule has 2 saturated carbocycles. The van der Waals surface area contributed by atoms with Crippen molar-refractivity contribution in [2.45, 2.75) is 43.6 Å². The molecule has 12 heteroatoms. The van der Waals surface area contributed by atoms with E-state index in [0.717, 1.165) is 12.8 Å². The van der Waals surface area contributed by atoms with Crippen LogP contribution in [0, 0.1) is 17.7 Å². The summed E-state index contributed by atoms with van der Waals surface area (Å²) in [4.78, 5) is 27.3. The van der Waals surface area contributed by atoms with Crippen LogP contribution in [-0.4, -0.2) is 51.7 Å². The highest BCUT2D eigenvalue weighted by Gasteiger charge is 2.48. The highest BCUT2D eigenvalue weighted by Crippen LogP contribution is 2.47. The number of nitrogens with zero attached hydrogens (tertiary/aromatic N) is 3. The molecule has 35 heavy (non-hydrogen) atoms. The van der Waals surface area contributed by atoms with Crippen molar-refractivity contribution in [3.63, 3.8) is 0 Å². The van der Waals surface area contributed by atoms with E-state index in [1.807, 2.05) is 0 Å². The van der Waals surface area contributed by atoms with E-state index in [1.54, 1.807) is 11.9 Å². The lowest BCUT2D eigenvalue weighted by Crippen LogP contribution is -2.53. The van der Waals surface area contributed by atoms with E-state index < -0.39 is 23.7 Å². The predicted molar refractivity (Wildman–Crippen MR) is 124 cm³/mol. The average molecular weight is 511 g/mol. The van der Waals surface area contributed by atoms with Gasteiger partial charge in [0.15, 0.2) is 0 Å². The van der Waals surface area contributed by atoms with Crippen molar-refractivity contribution in [2.75, 3.05) is 24.1 Å². The molecule has 2 unspecified atom stereocenters. The van der Waals surface area contributed by atoms with Gasteiger partial charge < -0.3 is 21.3 Å². The molecular formula is C23H26ClF3N6O2. The van der Waals surface area contributed by atoms with E-state index in [1.165, 1.54) is 22.9 Å². The summed E-state index contributed by atoms with van der Waals surface area (Å²) >= 11 is 5.82. The quantitative estimate of drug-likeness (QED) is 0.578. The molecule has 2 heterocycles. The third kappa shape index (κ3) is 4.53. The maximum atomic E-state index is 13.5. The van der Waals surface area contributed by atoms with Crippen LogP contribution in [0.25, 0.3) is 0 Å². The number of urea groups is 1. The Labute approximate surface area is 205 Å². The molecule has 2 atom stereocenters. The molecule has 4 N–H and O–H groups in total. The van der Waals surface area contributed by atoms with Crippen molar-refractivity contribution in [2.24, 2.45) is 18.9 Å². The Morgan fingerprint density at radius 1 is 1.20 bits per heavy atom. The van der Waals surface area contributed by atoms with Gasteiger partial charge in [-0.25, -0.2) is 18.0 Å². The van der Waals surface area contributed by atoms with Crippen molar-refractivity contribution >= 4 is 35.0 Å². The van der Waals surface area contributed by atoms with Gasteiger partial charge in [-0.2, -0.15) is 5.10 Å². The SMILES string of the molecule is Cn1nc(C2CC3CN(C(=O)NC4CC(F)(F)C4)CC3C2)c(C(=O)Nc2ccc(F)c(Cl)c2)c1N. The number of anilines is 2. The summed E-state index contributed by atoms with van der Waals surface area (Å²) in [6.07, 6.45) is 0.846. The minimum atomic E-state index is -2.68. The predicted octanol–water partition coefficient (Wildman–Crippen LogP) is 3.98. The summed E-state index contributed by atoms with van der Waals surface area (Å²) in [5.74, 6) is -3.06. The van der Waals surface area contributed by atoms with Crippen molar-refractivity contribution < 1.29 is 22.8 Å². The topological polar surface area (TPSA) is 105 Å². The van der Waals surface area contributed by atoms with Gasteiger partial charge in [-0.3, -0.25) is 9.48 Å². The minimum Gasteiger partial charge on any atom is -0.383 e. The van der Waals surface area contributed by atoms with Crippen molar-refractivity contribution in [1.82, 2.24) is 20.0 Å². The first-order valence-corrected chi connectivity index (χ1v) is 11.9. The highest BCUT2D eigenvalue weighted by atomic mass is 35.5. The number of halogens is 4. The number of hydrogen-bond donors (Lipinski definition) is 3. The first-order chi connectivity index (χ1) is 16.5. The Bertz CT molecular complexity index is 1170. The number of amides is 3. The number of carbonyl (C=O) groups is 2. The van der Waals surface area contributed by atoms with Crippen molar-refractivity contribution in [1.29, 1.82) is 0 Å². The Morgan fingerprint density at radius 2 is 1.86 bits per heavy atom. The number of rotatable bonds is 4. The molecule has 2 aliphatic carbocycles. The lowest BCUT2D eigenvalue weighted by molar-refractivity contribution is -0.0902. The first-order valence-electron chi connectivity index (χ1n) is 11.5. The number of benzene rings is 1. The zero-order valence-electron chi connectivity index (χ0n) is 19.0. The number of hydrogen-bond acceptors (Lipinski definition) is 4. The Hall–Kier alpha value is -2.95. The van der Waals surface area contributed by atoms with Gasteiger partial charge in [-0.1, -0.05) is 11.6 Å². The summed E-state index contributed by atoms with van der Waals surface area (Å²) in [6.45, 7) is 1.07. The molecule has 0 spiro atoms. The zero-order chi connectivity index (χ0) is 25.1. The summed E-state index contributed by atoms with van der Waals surface area (Å²) < 4.78 is 41.0. The molecule has 1 aromatic carbocycles. The number of nitrogens with one attached hydrogen (secondary N) is 2. The van der Waals surface area contributed by atoms with E-state index in [4.69, 9.17) is 17.3 Å². The molecule has 3 aliphatic rings. The fourth-order valence-electron chi connectivity index (χ4n) is 5.56. The Kier molecular flexibility index (Phi) is 5.85. The van der Waals surface area contributed by atoms with E-state index >= 15 is 0 Å². The number of carbonyl (C=O) groups excluding carboxylic acids is 2. The second-order valence-corrected chi connectivity index (χ2v) is 10.3. The normalized spacial score (nSPS) is 25.3. The number of nitrogen functional groups attached to an aromatic ring is 1. The van der Waals surface area contributed by atoms with Gasteiger partial charge in [-0.05, 0) is 42.9 Å². The number of aromatic nitrogens is 2. The van der Waals surface area contributed by atoms with E-state index in [2.05, 4.69) is 15.7 Å². The molecule has 188 valence electrons. The third-order valence-electron chi connectivity index (χ3n) is 7.37. The van der Waals surface area contributed by atoms with Crippen LogP contribution in [0.2, 0.25) is 5.02 Å². The number of likely N-dealkylation sites (tertiary alicyclic amines) is 1. The molecule has 3 amide bonds. The summed E-state index contributed by atoms with van der Waals surface area (Å²) in [6, 6.07) is 3.14. The monoisotopic (exact) mass is 510 g/mol. The van der Waals surface area contributed by atoms with Gasteiger partial charge >= 0.3 is 6.03 Å². The Morgan fingerprint density at radius 3 is 2.46 bits per heavy atom. The van der Waals surface area contributed by atoms with Crippen LogP contribution in [0.3, 0.4) is 0 Å². The molecule has 1 saturated heterocycles. The van der Waals surface area contributed by atoms with Crippen LogP contribution >= 0.6 is 11.6 Å². The van der Waals surface area contributed by atoms with Gasteiger partial charge in [0.1, 0.15) is 17.2 Å². The van der Waals surface area contributed by atoms with Crippen LogP contribution in [0.4, 0.5) is 29.5 Å². The average Bonchev–Trinajstić information content (AvgIpc) is 3.41. The minimum absolute atomic E-state index is 0.0124. The number of fused-ring (bicyclic) bond motifs is 1. The molecule has 0 bridgehead atoms.